The van der Waals surface area contributed by atoms with E-state index in [4.69, 9.17) is 1.28 Å². The molecule has 1 atom stereocenters. The van der Waals surface area contributed by atoms with Gasteiger partial charge in [0, 0.05) is 21.1 Å². The molecule has 46 valence electrons. The van der Waals surface area contributed by atoms with E-state index in [1.165, 1.54) is 0 Å². The molecule has 0 aromatic heterocycles. The molecule has 0 fully saturated rings. The molecule has 0 amide bonds. The van der Waals surface area contributed by atoms with E-state index < -0.39 is 8.68 Å². The van der Waals surface area contributed by atoms with Gasteiger partial charge in [-0.1, -0.05) is 0 Å². The molecule has 0 aromatic rings. The average Bonchev–Trinajstić information content (AvgIpc) is 1.61. The summed E-state index contributed by atoms with van der Waals surface area (Å²) >= 11 is 6.39. The van der Waals surface area contributed by atoms with Gasteiger partial charge in [0.15, 0.2) is 3.00 Å². The Morgan fingerprint density at radius 2 is 2.50 bits per heavy atom. The first-order chi connectivity index (χ1) is 3.63. The molecule has 0 heterocycles. The molecule has 0 bridgehead atoms. The second-order valence-corrected chi connectivity index (χ2v) is 3.19. The maximum Gasteiger partial charge on any atom is 0.185 e. The summed E-state index contributed by atoms with van der Waals surface area (Å²) in [5, 5.41) is 3.45. The first-order valence-electron chi connectivity index (χ1n) is 1.78. The van der Waals surface area contributed by atoms with E-state index in [0.29, 0.717) is 3.00 Å². The maximum absolute atomic E-state index is 6.80. The van der Waals surface area contributed by atoms with Crippen LogP contribution >= 0.6 is 43.5 Å². The monoisotopic (exact) mass is 431 g/mol. The molecule has 0 rings (SSSR count). The molecule has 0 N–H and O–H groups in total. The van der Waals surface area contributed by atoms with Gasteiger partial charge in [0.1, 0.15) is 0 Å². The summed E-state index contributed by atoms with van der Waals surface area (Å²) in [6, 6.07) is 0. The van der Waals surface area contributed by atoms with Crippen molar-refractivity contribution in [3.8, 4) is 0 Å². The summed E-state index contributed by atoms with van der Waals surface area (Å²) in [5.41, 5.74) is 0. The van der Waals surface area contributed by atoms with Crippen LogP contribution in [0.5, 0.6) is 0 Å². The fraction of sp³-hybridized carbons (Fsp3) is 0. The quantitative estimate of drug-likeness (QED) is 0.119. The Labute approximate surface area is 84.8 Å². The number of thiocarbonyl (C=S) groups is 1. The molecule has 1 unspecified atom stereocenters. The number of hydrogen-bond acceptors (Lipinski definition) is 2. The van der Waals surface area contributed by atoms with Gasteiger partial charge in [-0.25, -0.2) is 4.88 Å². The minimum Gasteiger partial charge on any atom is -0.296 e. The fourth-order valence-electron chi connectivity index (χ4n) is 0.0668. The standard InChI is InChI=1S/C2H3IN2PS.W/c1-6-5-4-2(3)7;/h6H,1H2;/q-1;/b5-4+;/i6T;. The van der Waals surface area contributed by atoms with Crippen LogP contribution in [0.2, 0.25) is 0 Å². The number of nitrogens with zero attached hydrogens (tertiary/aromatic N) is 2. The largest absolute Gasteiger partial charge is 0.296 e. The molecule has 0 aliphatic rings. The smallest absolute Gasteiger partial charge is 0.185 e. The van der Waals surface area contributed by atoms with Crippen LogP contribution in [0.1, 0.15) is 0 Å². The average molecular weight is 431 g/mol. The molecule has 2 nitrogen and oxygen atoms in total. The molecule has 0 aliphatic carbocycles. The third-order valence-corrected chi connectivity index (χ3v) is 0.700. The van der Waals surface area contributed by atoms with Crippen LogP contribution < -0.4 is 0 Å². The van der Waals surface area contributed by atoms with E-state index in [2.05, 4.69) is 28.9 Å². The van der Waals surface area contributed by atoms with Gasteiger partial charge in [-0.3, -0.25) is 6.66 Å². The predicted octanol–water partition coefficient (Wildman–Crippen LogP) is 2.54. The molecule has 0 aromatic carbocycles. The Balaban J connectivity index is 0. The zero-order valence-electron chi connectivity index (χ0n) is 4.74. The van der Waals surface area contributed by atoms with Gasteiger partial charge in [-0.2, -0.15) is 0 Å². The normalized spacial score (nSPS) is 14.5. The van der Waals surface area contributed by atoms with E-state index >= 15 is 0 Å². The van der Waals surface area contributed by atoms with E-state index in [0.717, 1.165) is 0 Å². The summed E-state index contributed by atoms with van der Waals surface area (Å²) in [6.45, 7) is 3.32. The van der Waals surface area contributed by atoms with Gasteiger partial charge >= 0.3 is 0 Å². The van der Waals surface area contributed by atoms with E-state index in [1.54, 1.807) is 0 Å². The third kappa shape index (κ3) is 10.5. The Morgan fingerprint density at radius 1 is 2.00 bits per heavy atom. The van der Waals surface area contributed by atoms with Crippen LogP contribution in [-0.2, 0) is 21.1 Å². The minimum atomic E-state index is -1.27. The summed E-state index contributed by atoms with van der Waals surface area (Å²) < 4.78 is 7.22. The van der Waals surface area contributed by atoms with Crippen molar-refractivity contribution in [1.82, 2.24) is 0 Å². The molecule has 6 heteroatoms. The molecular weight excluding hydrogens is 426 g/mol. The van der Waals surface area contributed by atoms with Gasteiger partial charge in [-0.05, 0) is 34.8 Å². The second-order valence-electron chi connectivity index (χ2n) is 0.584. The second kappa shape index (κ2) is 8.54. The molecule has 0 saturated heterocycles. The summed E-state index contributed by atoms with van der Waals surface area (Å²) in [4.78, 5) is 3.42. The molecule has 0 aliphatic heterocycles. The van der Waals surface area contributed by atoms with Crippen LogP contribution in [0.4, 0.5) is 0 Å². The van der Waals surface area contributed by atoms with Crippen molar-refractivity contribution < 1.29 is 21.1 Å². The zero-order valence-corrected chi connectivity index (χ0v) is 10.5. The van der Waals surface area contributed by atoms with Crippen LogP contribution in [0, 0.1) is 6.66 Å². The molecule has 8 heavy (non-hydrogen) atoms. The first-order valence-corrected chi connectivity index (χ1v) is 3.85. The Bertz CT molecular complexity index is 121. The van der Waals surface area contributed by atoms with Gasteiger partial charge in [-0.15, -0.1) is 13.8 Å². The molecule has 0 radical (unpaired) electrons. The van der Waals surface area contributed by atoms with Crippen LogP contribution in [-0.4, -0.2) is 4.27 Å². The molecular formula is C2H3IN2PSW-. The number of halogens is 1. The summed E-state index contributed by atoms with van der Waals surface area (Å²) in [5.74, 6) is 0. The van der Waals surface area contributed by atoms with Gasteiger partial charge in [0.2, 0.25) is 0 Å². The topological polar surface area (TPSA) is 24.7 Å². The van der Waals surface area contributed by atoms with E-state index in [1.807, 2.05) is 22.6 Å². The van der Waals surface area contributed by atoms with Crippen molar-refractivity contribution in [2.75, 3.05) is 0 Å². The van der Waals surface area contributed by atoms with E-state index in [-0.39, 0.29) is 21.1 Å². The number of rotatable bonds is 1. The summed E-state index contributed by atoms with van der Waals surface area (Å²) in [7, 11) is -1.27. The maximum atomic E-state index is 6.80. The van der Waals surface area contributed by atoms with Gasteiger partial charge in [0.05, 0.1) is 1.28 Å². The Morgan fingerprint density at radius 3 is 2.62 bits per heavy atom. The molecule has 0 spiro atoms. The van der Waals surface area contributed by atoms with E-state index in [9.17, 15) is 0 Å². The van der Waals surface area contributed by atoms with Gasteiger partial charge < -0.3 is 0 Å². The number of hydrogen-bond donors (Lipinski definition) is 0. The third-order valence-electron chi connectivity index (χ3n) is 0.187. The van der Waals surface area contributed by atoms with Crippen LogP contribution in [0.25, 0.3) is 0 Å². The van der Waals surface area contributed by atoms with Crippen molar-refractivity contribution in [2.24, 2.45) is 10.00 Å². The van der Waals surface area contributed by atoms with Crippen molar-refractivity contribution in [1.29, 1.82) is 1.28 Å². The van der Waals surface area contributed by atoms with Crippen LogP contribution in [0.15, 0.2) is 10.00 Å². The van der Waals surface area contributed by atoms with Crippen molar-refractivity contribution in [2.45, 2.75) is 0 Å². The molecule has 0 saturated carbocycles. The summed E-state index contributed by atoms with van der Waals surface area (Å²) in [6.07, 6.45) is 0. The Hall–Kier alpha value is 1.54. The van der Waals surface area contributed by atoms with Crippen molar-refractivity contribution in [3.05, 3.63) is 6.66 Å². The van der Waals surface area contributed by atoms with Gasteiger partial charge in [0.25, 0.3) is 0 Å². The predicted molar refractivity (Wildman–Crippen MR) is 45.1 cm³/mol. The Kier molecular flexibility index (Phi) is 10.2. The fourth-order valence-corrected chi connectivity index (χ4v) is 0.599. The minimum absolute atomic E-state index is 0. The van der Waals surface area contributed by atoms with Crippen molar-refractivity contribution >= 4 is 46.5 Å². The zero-order chi connectivity index (χ0) is 6.57. The first kappa shape index (κ1) is 9.54. The SMILES string of the molecule is [3H]P([CH2-])/N=N/C(=S)I.[W]. The van der Waals surface area contributed by atoms with Crippen molar-refractivity contribution in [3.63, 3.8) is 0 Å². The van der Waals surface area contributed by atoms with Crippen LogP contribution in [0.3, 0.4) is 0 Å².